The van der Waals surface area contributed by atoms with Crippen molar-refractivity contribution in [2.75, 3.05) is 10.2 Å². The van der Waals surface area contributed by atoms with Crippen molar-refractivity contribution in [2.24, 2.45) is 0 Å². The van der Waals surface area contributed by atoms with E-state index >= 15 is 0 Å². The maximum atomic E-state index is 10.1. The number of para-hydroxylation sites is 1. The third-order valence-corrected chi connectivity index (χ3v) is 4.08. The van der Waals surface area contributed by atoms with Crippen molar-refractivity contribution in [3.63, 3.8) is 0 Å². The molecule has 25 heavy (non-hydrogen) atoms. The van der Waals surface area contributed by atoms with Crippen molar-refractivity contribution in [3.05, 3.63) is 71.5 Å². The van der Waals surface area contributed by atoms with Crippen LogP contribution in [0.3, 0.4) is 0 Å². The van der Waals surface area contributed by atoms with E-state index in [0.29, 0.717) is 23.2 Å². The predicted molar refractivity (Wildman–Crippen MR) is 103 cm³/mol. The van der Waals surface area contributed by atoms with Crippen LogP contribution in [-0.2, 0) is 6.54 Å². The molecule has 3 aromatic rings. The van der Waals surface area contributed by atoms with E-state index in [2.05, 4.69) is 10.5 Å². The van der Waals surface area contributed by atoms with Crippen LogP contribution >= 0.6 is 12.2 Å². The summed E-state index contributed by atoms with van der Waals surface area (Å²) < 4.78 is 5.19. The molecule has 0 aliphatic heterocycles. The molecule has 1 heterocycles. The monoisotopic (exact) mass is 353 g/mol. The van der Waals surface area contributed by atoms with Crippen LogP contribution in [0.15, 0.2) is 59.1 Å². The molecular weight excluding hydrogens is 334 g/mol. The molecule has 128 valence electrons. The molecule has 5 nitrogen and oxygen atoms in total. The Bertz CT molecular complexity index is 874. The molecule has 2 aromatic carbocycles. The summed E-state index contributed by atoms with van der Waals surface area (Å²) in [5.74, 6) is 1.49. The number of phenols is 1. The third kappa shape index (κ3) is 4.16. The first-order chi connectivity index (χ1) is 12.0. The molecular formula is C19H19N3O2S. The van der Waals surface area contributed by atoms with Crippen LogP contribution in [0.5, 0.6) is 5.75 Å². The highest BCUT2D eigenvalue weighted by Gasteiger charge is 2.18. The Morgan fingerprint density at radius 1 is 1.16 bits per heavy atom. The molecule has 0 amide bonds. The van der Waals surface area contributed by atoms with E-state index in [1.165, 1.54) is 5.56 Å². The number of phenolic OH excluding ortho intramolecular Hbond substituents is 1. The number of nitrogens with zero attached hydrogens (tertiary/aromatic N) is 2. The first-order valence-corrected chi connectivity index (χ1v) is 8.29. The zero-order chi connectivity index (χ0) is 17.8. The SMILES string of the molecule is Cc1ccc(NC(=S)N(Cc2ccccc2O)c2cc(C)on2)cc1. The van der Waals surface area contributed by atoms with Crippen LogP contribution in [0, 0.1) is 13.8 Å². The smallest absolute Gasteiger partial charge is 0.179 e. The fraction of sp³-hybridized carbons (Fsp3) is 0.158. The lowest BCUT2D eigenvalue weighted by Crippen LogP contribution is -2.34. The van der Waals surface area contributed by atoms with Gasteiger partial charge < -0.3 is 14.9 Å². The zero-order valence-electron chi connectivity index (χ0n) is 14.1. The fourth-order valence-corrected chi connectivity index (χ4v) is 2.66. The summed E-state index contributed by atoms with van der Waals surface area (Å²) in [6.45, 7) is 4.23. The normalized spacial score (nSPS) is 10.5. The molecule has 0 radical (unpaired) electrons. The van der Waals surface area contributed by atoms with E-state index in [1.807, 2.05) is 56.3 Å². The summed E-state index contributed by atoms with van der Waals surface area (Å²) in [6.07, 6.45) is 0. The highest BCUT2D eigenvalue weighted by atomic mass is 32.1. The number of aryl methyl sites for hydroxylation is 2. The van der Waals surface area contributed by atoms with E-state index in [4.69, 9.17) is 16.7 Å². The van der Waals surface area contributed by atoms with Crippen LogP contribution in [0.25, 0.3) is 0 Å². The fourth-order valence-electron chi connectivity index (χ4n) is 2.38. The van der Waals surface area contributed by atoms with E-state index < -0.39 is 0 Å². The second-order valence-electron chi connectivity index (χ2n) is 5.81. The number of thiocarbonyl (C=S) groups is 1. The average Bonchev–Trinajstić information content (AvgIpc) is 3.02. The number of hydrogen-bond acceptors (Lipinski definition) is 4. The van der Waals surface area contributed by atoms with Crippen molar-refractivity contribution in [1.82, 2.24) is 5.16 Å². The highest BCUT2D eigenvalue weighted by Crippen LogP contribution is 2.23. The first kappa shape index (κ1) is 17.0. The van der Waals surface area contributed by atoms with Gasteiger partial charge in [0.25, 0.3) is 0 Å². The summed E-state index contributed by atoms with van der Waals surface area (Å²) in [4.78, 5) is 1.79. The van der Waals surface area contributed by atoms with E-state index in [1.54, 1.807) is 17.0 Å². The minimum absolute atomic E-state index is 0.214. The quantitative estimate of drug-likeness (QED) is 0.678. The van der Waals surface area contributed by atoms with Gasteiger partial charge in [-0.25, -0.2) is 0 Å². The molecule has 3 rings (SSSR count). The Morgan fingerprint density at radius 3 is 2.52 bits per heavy atom. The van der Waals surface area contributed by atoms with Crippen molar-refractivity contribution in [2.45, 2.75) is 20.4 Å². The number of nitrogens with one attached hydrogen (secondary N) is 1. The standard InChI is InChI=1S/C19H19N3O2S/c1-13-7-9-16(10-8-13)20-19(25)22(18-11-14(2)24-21-18)12-15-5-3-4-6-17(15)23/h3-11,23H,12H2,1-2H3,(H,20,25). The molecule has 0 aliphatic carbocycles. The molecule has 0 spiro atoms. The van der Waals surface area contributed by atoms with Gasteiger partial charge >= 0.3 is 0 Å². The van der Waals surface area contributed by atoms with Gasteiger partial charge in [0.05, 0.1) is 6.54 Å². The van der Waals surface area contributed by atoms with Crippen LogP contribution in [0.4, 0.5) is 11.5 Å². The van der Waals surface area contributed by atoms with Gasteiger partial charge in [0.15, 0.2) is 10.9 Å². The summed E-state index contributed by atoms with van der Waals surface area (Å²) in [5.41, 5.74) is 2.81. The first-order valence-electron chi connectivity index (χ1n) is 7.88. The second-order valence-corrected chi connectivity index (χ2v) is 6.19. The van der Waals surface area contributed by atoms with E-state index in [9.17, 15) is 5.11 Å². The second kappa shape index (κ2) is 7.36. The van der Waals surface area contributed by atoms with Crippen LogP contribution in [0.2, 0.25) is 0 Å². The summed E-state index contributed by atoms with van der Waals surface area (Å²) in [7, 11) is 0. The van der Waals surface area contributed by atoms with Gasteiger partial charge in [0.1, 0.15) is 11.5 Å². The number of hydrogen-bond donors (Lipinski definition) is 2. The molecule has 0 atom stereocenters. The van der Waals surface area contributed by atoms with Crippen molar-refractivity contribution in [3.8, 4) is 5.75 Å². The molecule has 0 saturated carbocycles. The summed E-state index contributed by atoms with van der Waals surface area (Å²) in [5, 5.41) is 17.8. The number of benzene rings is 2. The predicted octanol–water partition coefficient (Wildman–Crippen LogP) is 4.40. The topological polar surface area (TPSA) is 61.5 Å². The Morgan fingerprint density at radius 2 is 1.88 bits per heavy atom. The molecule has 2 N–H and O–H groups in total. The lowest BCUT2D eigenvalue weighted by molar-refractivity contribution is 0.398. The number of anilines is 2. The van der Waals surface area contributed by atoms with Gasteiger partial charge in [-0.15, -0.1) is 0 Å². The van der Waals surface area contributed by atoms with Crippen molar-refractivity contribution in [1.29, 1.82) is 0 Å². The van der Waals surface area contributed by atoms with Gasteiger partial charge in [-0.1, -0.05) is 41.1 Å². The molecule has 0 bridgehead atoms. The largest absolute Gasteiger partial charge is 0.508 e. The van der Waals surface area contributed by atoms with Crippen molar-refractivity contribution >= 4 is 28.8 Å². The number of aromatic hydroxyl groups is 1. The van der Waals surface area contributed by atoms with Crippen molar-refractivity contribution < 1.29 is 9.63 Å². The average molecular weight is 353 g/mol. The molecule has 6 heteroatoms. The molecule has 1 aromatic heterocycles. The van der Waals surface area contributed by atoms with E-state index in [0.717, 1.165) is 11.3 Å². The summed E-state index contributed by atoms with van der Waals surface area (Å²) >= 11 is 5.58. The Labute approximate surface area is 151 Å². The zero-order valence-corrected chi connectivity index (χ0v) is 14.9. The molecule has 0 saturated heterocycles. The number of rotatable bonds is 4. The maximum Gasteiger partial charge on any atom is 0.179 e. The van der Waals surface area contributed by atoms with E-state index in [-0.39, 0.29) is 5.75 Å². The van der Waals surface area contributed by atoms with Crippen LogP contribution < -0.4 is 10.2 Å². The molecule has 0 fully saturated rings. The van der Waals surface area contributed by atoms with Gasteiger partial charge in [0.2, 0.25) is 0 Å². The Balaban J connectivity index is 1.86. The van der Waals surface area contributed by atoms with Crippen LogP contribution in [-0.4, -0.2) is 15.4 Å². The van der Waals surface area contributed by atoms with Gasteiger partial charge in [-0.3, -0.25) is 4.90 Å². The minimum atomic E-state index is 0.214. The number of aromatic nitrogens is 1. The third-order valence-electron chi connectivity index (χ3n) is 3.76. The molecule has 0 unspecified atom stereocenters. The lowest BCUT2D eigenvalue weighted by atomic mass is 10.2. The highest BCUT2D eigenvalue weighted by molar-refractivity contribution is 7.80. The lowest BCUT2D eigenvalue weighted by Gasteiger charge is -2.23. The Kier molecular flexibility index (Phi) is 5.00. The van der Waals surface area contributed by atoms with Gasteiger partial charge in [0, 0.05) is 17.3 Å². The maximum absolute atomic E-state index is 10.1. The summed E-state index contributed by atoms with van der Waals surface area (Å²) in [6, 6.07) is 16.9. The van der Waals surface area contributed by atoms with Crippen LogP contribution in [0.1, 0.15) is 16.9 Å². The van der Waals surface area contributed by atoms with Gasteiger partial charge in [-0.05, 0) is 44.3 Å². The molecule has 0 aliphatic rings. The van der Waals surface area contributed by atoms with Gasteiger partial charge in [-0.2, -0.15) is 0 Å². The minimum Gasteiger partial charge on any atom is -0.508 e. The Hall–Kier alpha value is -2.86.